The number of aromatic nitrogens is 3. The molecule has 1 aliphatic heterocycles. The van der Waals surface area contributed by atoms with Gasteiger partial charge in [0.2, 0.25) is 5.89 Å². The van der Waals surface area contributed by atoms with E-state index in [1.807, 2.05) is 10.3 Å². The van der Waals surface area contributed by atoms with E-state index in [4.69, 9.17) is 10.3 Å². The predicted molar refractivity (Wildman–Crippen MR) is 86.2 cm³/mol. The maximum Gasteiger partial charge on any atom is 0.273 e. The molecule has 1 saturated heterocycles. The van der Waals surface area contributed by atoms with Crippen molar-refractivity contribution in [2.45, 2.75) is 32.6 Å². The number of amides is 1. The molecule has 8 heteroatoms. The highest BCUT2D eigenvalue weighted by Crippen LogP contribution is 2.22. The van der Waals surface area contributed by atoms with Gasteiger partial charge in [-0.25, -0.2) is 4.98 Å². The van der Waals surface area contributed by atoms with Crippen molar-refractivity contribution in [1.29, 1.82) is 0 Å². The average Bonchev–Trinajstić information content (AvgIpc) is 3.17. The molecule has 0 saturated carbocycles. The van der Waals surface area contributed by atoms with Gasteiger partial charge in [0.15, 0.2) is 5.82 Å². The number of carbonyl (C=O) groups is 1. The molecule has 3 heterocycles. The van der Waals surface area contributed by atoms with E-state index >= 15 is 0 Å². The molecule has 7 nitrogen and oxygen atoms in total. The third-order valence-corrected chi connectivity index (χ3v) is 4.88. The summed E-state index contributed by atoms with van der Waals surface area (Å²) in [5, 5.41) is 6.71. The minimum absolute atomic E-state index is 0.0125. The van der Waals surface area contributed by atoms with Crippen LogP contribution in [0.4, 0.5) is 0 Å². The summed E-state index contributed by atoms with van der Waals surface area (Å²) < 4.78 is 5.01. The largest absolute Gasteiger partial charge is 0.340 e. The van der Waals surface area contributed by atoms with Crippen molar-refractivity contribution in [3.05, 3.63) is 27.8 Å². The maximum atomic E-state index is 12.6. The van der Waals surface area contributed by atoms with Crippen molar-refractivity contribution in [2.24, 2.45) is 11.7 Å². The Morgan fingerprint density at radius 1 is 1.52 bits per heavy atom. The summed E-state index contributed by atoms with van der Waals surface area (Å²) in [6, 6.07) is 0. The molecule has 1 fully saturated rings. The summed E-state index contributed by atoms with van der Waals surface area (Å²) in [7, 11) is 0. The van der Waals surface area contributed by atoms with E-state index in [1.54, 1.807) is 6.92 Å². The van der Waals surface area contributed by atoms with Crippen LogP contribution < -0.4 is 5.73 Å². The van der Waals surface area contributed by atoms with Crippen LogP contribution in [0, 0.1) is 12.8 Å². The lowest BCUT2D eigenvalue weighted by atomic mass is 9.94. The SMILES string of the molecule is Cc1nc(CC2CCCN(C(=O)c3csc(CCN)n3)C2)no1. The molecule has 2 N–H and O–H groups in total. The first kappa shape index (κ1) is 16.1. The van der Waals surface area contributed by atoms with Crippen LogP contribution in [0.5, 0.6) is 0 Å². The van der Waals surface area contributed by atoms with Crippen molar-refractivity contribution in [3.63, 3.8) is 0 Å². The van der Waals surface area contributed by atoms with Gasteiger partial charge in [-0.15, -0.1) is 11.3 Å². The zero-order chi connectivity index (χ0) is 16.2. The van der Waals surface area contributed by atoms with E-state index in [9.17, 15) is 4.79 Å². The van der Waals surface area contributed by atoms with Crippen LogP contribution >= 0.6 is 11.3 Å². The van der Waals surface area contributed by atoms with E-state index in [2.05, 4.69) is 15.1 Å². The van der Waals surface area contributed by atoms with Crippen molar-refractivity contribution >= 4 is 17.2 Å². The highest BCUT2D eigenvalue weighted by molar-refractivity contribution is 7.09. The summed E-state index contributed by atoms with van der Waals surface area (Å²) >= 11 is 1.50. The van der Waals surface area contributed by atoms with Crippen molar-refractivity contribution < 1.29 is 9.32 Å². The number of hydrogen-bond donors (Lipinski definition) is 1. The van der Waals surface area contributed by atoms with Gasteiger partial charge in [0.1, 0.15) is 5.69 Å². The van der Waals surface area contributed by atoms with Crippen LogP contribution in [-0.4, -0.2) is 45.6 Å². The van der Waals surface area contributed by atoms with Crippen molar-refractivity contribution in [2.75, 3.05) is 19.6 Å². The number of carbonyl (C=O) groups excluding carboxylic acids is 1. The number of likely N-dealkylation sites (tertiary alicyclic amines) is 1. The van der Waals surface area contributed by atoms with Gasteiger partial charge in [0.05, 0.1) is 5.01 Å². The molecule has 1 amide bonds. The van der Waals surface area contributed by atoms with Gasteiger partial charge in [-0.3, -0.25) is 4.79 Å². The van der Waals surface area contributed by atoms with E-state index in [0.29, 0.717) is 24.0 Å². The zero-order valence-corrected chi connectivity index (χ0v) is 14.0. The summed E-state index contributed by atoms with van der Waals surface area (Å²) in [5.74, 6) is 1.68. The lowest BCUT2D eigenvalue weighted by Gasteiger charge is -2.31. The average molecular weight is 335 g/mol. The fraction of sp³-hybridized carbons (Fsp3) is 0.600. The summed E-state index contributed by atoms with van der Waals surface area (Å²) in [5.41, 5.74) is 6.07. The Bertz CT molecular complexity index is 668. The summed E-state index contributed by atoms with van der Waals surface area (Å²) in [6.45, 7) is 3.84. The van der Waals surface area contributed by atoms with Gasteiger partial charge >= 0.3 is 0 Å². The molecule has 0 aromatic carbocycles. The molecule has 1 atom stereocenters. The van der Waals surface area contributed by atoms with Crippen LogP contribution in [0.3, 0.4) is 0 Å². The number of thiazole rings is 1. The Morgan fingerprint density at radius 3 is 3.13 bits per heavy atom. The topological polar surface area (TPSA) is 98.1 Å². The van der Waals surface area contributed by atoms with E-state index in [0.717, 1.165) is 49.6 Å². The normalized spacial score (nSPS) is 18.3. The smallest absolute Gasteiger partial charge is 0.273 e. The molecule has 2 aromatic rings. The number of rotatable bonds is 5. The van der Waals surface area contributed by atoms with Gasteiger partial charge in [-0.2, -0.15) is 4.98 Å². The van der Waals surface area contributed by atoms with Crippen molar-refractivity contribution in [3.8, 4) is 0 Å². The molecule has 124 valence electrons. The van der Waals surface area contributed by atoms with Crippen LogP contribution in [0.1, 0.15) is 40.1 Å². The molecule has 3 rings (SSSR count). The van der Waals surface area contributed by atoms with Crippen LogP contribution in [0.25, 0.3) is 0 Å². The number of hydrogen-bond acceptors (Lipinski definition) is 7. The molecular formula is C15H21N5O2S. The first-order chi connectivity index (χ1) is 11.2. The fourth-order valence-corrected chi connectivity index (χ4v) is 3.70. The molecule has 0 spiro atoms. The molecule has 0 bridgehead atoms. The van der Waals surface area contributed by atoms with Crippen LogP contribution in [0.15, 0.2) is 9.90 Å². The molecule has 1 unspecified atom stereocenters. The minimum atomic E-state index is 0.0125. The molecule has 1 aliphatic rings. The number of nitrogens with two attached hydrogens (primary N) is 1. The van der Waals surface area contributed by atoms with Gasteiger partial charge < -0.3 is 15.2 Å². The second kappa shape index (κ2) is 7.18. The Balaban J connectivity index is 1.61. The van der Waals surface area contributed by atoms with Crippen LogP contribution in [0.2, 0.25) is 0 Å². The first-order valence-electron chi connectivity index (χ1n) is 7.88. The lowest BCUT2D eigenvalue weighted by molar-refractivity contribution is 0.0666. The van der Waals surface area contributed by atoms with Gasteiger partial charge in [-0.1, -0.05) is 5.16 Å². The standard InChI is InChI=1S/C15H21N5O2S/c1-10-17-13(19-22-10)7-11-3-2-6-20(8-11)15(21)12-9-23-14(18-12)4-5-16/h9,11H,2-8,16H2,1H3. The fourth-order valence-electron chi connectivity index (χ4n) is 2.91. The lowest BCUT2D eigenvalue weighted by Crippen LogP contribution is -2.40. The third-order valence-electron chi connectivity index (χ3n) is 3.98. The maximum absolute atomic E-state index is 12.6. The molecular weight excluding hydrogens is 314 g/mol. The molecule has 2 aromatic heterocycles. The Hall–Kier alpha value is -1.80. The molecule has 23 heavy (non-hydrogen) atoms. The van der Waals surface area contributed by atoms with E-state index in [1.165, 1.54) is 11.3 Å². The van der Waals surface area contributed by atoms with Gasteiger partial charge in [-0.05, 0) is 25.3 Å². The van der Waals surface area contributed by atoms with Crippen LogP contribution in [-0.2, 0) is 12.8 Å². The first-order valence-corrected chi connectivity index (χ1v) is 8.76. The number of nitrogens with zero attached hydrogens (tertiary/aromatic N) is 4. The quantitative estimate of drug-likeness (QED) is 0.887. The number of piperidine rings is 1. The Kier molecular flexibility index (Phi) is 5.02. The second-order valence-corrected chi connectivity index (χ2v) is 6.80. The summed E-state index contributed by atoms with van der Waals surface area (Å²) in [4.78, 5) is 23.1. The van der Waals surface area contributed by atoms with Crippen molar-refractivity contribution in [1.82, 2.24) is 20.0 Å². The zero-order valence-electron chi connectivity index (χ0n) is 13.2. The highest BCUT2D eigenvalue weighted by atomic mass is 32.1. The summed E-state index contributed by atoms with van der Waals surface area (Å²) in [6.07, 6.45) is 3.54. The molecule has 0 radical (unpaired) electrons. The monoisotopic (exact) mass is 335 g/mol. The Labute approximate surface area is 138 Å². The second-order valence-electron chi connectivity index (χ2n) is 5.86. The van der Waals surface area contributed by atoms with E-state index in [-0.39, 0.29) is 5.91 Å². The van der Waals surface area contributed by atoms with Gasteiger partial charge in [0.25, 0.3) is 5.91 Å². The number of aryl methyl sites for hydroxylation is 1. The third kappa shape index (κ3) is 3.94. The van der Waals surface area contributed by atoms with Gasteiger partial charge in [0, 0.05) is 38.2 Å². The highest BCUT2D eigenvalue weighted by Gasteiger charge is 2.27. The Morgan fingerprint density at radius 2 is 2.39 bits per heavy atom. The van der Waals surface area contributed by atoms with E-state index < -0.39 is 0 Å². The molecule has 0 aliphatic carbocycles. The minimum Gasteiger partial charge on any atom is -0.340 e. The predicted octanol–water partition coefficient (Wildman–Crippen LogP) is 1.43.